The number of aliphatic hydroxyl groups excluding tert-OH is 1. The van der Waals surface area contributed by atoms with E-state index in [1.165, 1.54) is 0 Å². The van der Waals surface area contributed by atoms with E-state index in [4.69, 9.17) is 5.11 Å². The molecule has 0 aromatic carbocycles. The first-order valence-electron chi connectivity index (χ1n) is 4.30. The second kappa shape index (κ2) is 2.78. The normalized spacial score (nSPS) is 46.2. The van der Waals surface area contributed by atoms with Gasteiger partial charge < -0.3 is 5.11 Å². The fourth-order valence-corrected chi connectivity index (χ4v) is 2.04. The van der Waals surface area contributed by atoms with Gasteiger partial charge >= 0.3 is 0 Å². The van der Waals surface area contributed by atoms with Crippen molar-refractivity contribution >= 4 is 6.21 Å². The van der Waals surface area contributed by atoms with E-state index in [0.717, 1.165) is 13.0 Å². The summed E-state index contributed by atoms with van der Waals surface area (Å²) in [6.45, 7) is 0.669. The zero-order chi connectivity index (χ0) is 8.60. The molecule has 1 fully saturated rings. The quantitative estimate of drug-likeness (QED) is 0.551. The van der Waals surface area contributed by atoms with Crippen molar-refractivity contribution in [2.75, 3.05) is 13.2 Å². The maximum atomic E-state index is 13.0. The summed E-state index contributed by atoms with van der Waals surface area (Å²) in [7, 11) is 0. The number of nitrogens with zero attached hydrogens (tertiary/aromatic N) is 1. The average Bonchev–Trinajstić information content (AvgIpc) is 2.47. The number of aliphatic imine (C=N–C) groups is 1. The second-order valence-corrected chi connectivity index (χ2v) is 3.58. The molecule has 2 heterocycles. The molecule has 0 radical (unpaired) electrons. The molecule has 1 saturated heterocycles. The molecule has 0 aromatic heterocycles. The SMILES string of the molecule is OC[C@@]12C=NCC1CC[C@@H](F)N2. The van der Waals surface area contributed by atoms with Crippen molar-refractivity contribution < 1.29 is 9.50 Å². The Morgan fingerprint density at radius 1 is 1.67 bits per heavy atom. The number of hydrogen-bond donors (Lipinski definition) is 2. The molecule has 3 nitrogen and oxygen atoms in total. The number of alkyl halides is 1. The third-order valence-electron chi connectivity index (χ3n) is 2.83. The summed E-state index contributed by atoms with van der Waals surface area (Å²) < 4.78 is 13.0. The molecule has 12 heavy (non-hydrogen) atoms. The van der Waals surface area contributed by atoms with Gasteiger partial charge in [-0.25, -0.2) is 4.39 Å². The highest BCUT2D eigenvalue weighted by molar-refractivity contribution is 5.73. The van der Waals surface area contributed by atoms with Crippen LogP contribution in [0.2, 0.25) is 0 Å². The van der Waals surface area contributed by atoms with Gasteiger partial charge in [-0.05, 0) is 12.8 Å². The van der Waals surface area contributed by atoms with E-state index in [-0.39, 0.29) is 12.5 Å². The Balaban J connectivity index is 2.17. The van der Waals surface area contributed by atoms with E-state index in [0.29, 0.717) is 6.42 Å². The molecule has 2 rings (SSSR count). The van der Waals surface area contributed by atoms with Crippen LogP contribution in [0.5, 0.6) is 0 Å². The number of fused-ring (bicyclic) bond motifs is 1. The molecule has 2 aliphatic rings. The van der Waals surface area contributed by atoms with E-state index in [2.05, 4.69) is 10.3 Å². The summed E-state index contributed by atoms with van der Waals surface area (Å²) in [5, 5.41) is 11.9. The molecule has 0 spiro atoms. The van der Waals surface area contributed by atoms with Crippen LogP contribution in [0, 0.1) is 5.92 Å². The van der Waals surface area contributed by atoms with Crippen molar-refractivity contribution in [2.45, 2.75) is 24.7 Å². The van der Waals surface area contributed by atoms with Crippen LogP contribution in [0.1, 0.15) is 12.8 Å². The molecule has 3 atom stereocenters. The van der Waals surface area contributed by atoms with Gasteiger partial charge in [-0.15, -0.1) is 0 Å². The summed E-state index contributed by atoms with van der Waals surface area (Å²) in [5.41, 5.74) is -0.558. The van der Waals surface area contributed by atoms with Gasteiger partial charge in [-0.3, -0.25) is 10.3 Å². The van der Waals surface area contributed by atoms with Crippen molar-refractivity contribution in [3.63, 3.8) is 0 Å². The van der Waals surface area contributed by atoms with E-state index in [1.807, 2.05) is 0 Å². The van der Waals surface area contributed by atoms with Gasteiger partial charge in [0.2, 0.25) is 0 Å². The van der Waals surface area contributed by atoms with E-state index in [9.17, 15) is 4.39 Å². The third kappa shape index (κ3) is 1.06. The summed E-state index contributed by atoms with van der Waals surface area (Å²) in [6.07, 6.45) is 2.03. The molecular weight excluding hydrogens is 159 g/mol. The first-order valence-corrected chi connectivity index (χ1v) is 4.30. The van der Waals surface area contributed by atoms with Crippen LogP contribution in [-0.2, 0) is 0 Å². The molecule has 0 amide bonds. The maximum Gasteiger partial charge on any atom is 0.151 e. The maximum absolute atomic E-state index is 13.0. The second-order valence-electron chi connectivity index (χ2n) is 3.58. The third-order valence-corrected chi connectivity index (χ3v) is 2.83. The predicted molar refractivity (Wildman–Crippen MR) is 43.9 cm³/mol. The van der Waals surface area contributed by atoms with E-state index >= 15 is 0 Å². The lowest BCUT2D eigenvalue weighted by Crippen LogP contribution is -2.59. The lowest BCUT2D eigenvalue weighted by atomic mass is 9.81. The number of rotatable bonds is 1. The average molecular weight is 172 g/mol. The van der Waals surface area contributed by atoms with Gasteiger partial charge in [0, 0.05) is 18.7 Å². The standard InChI is InChI=1S/C8H13FN2O/c9-7-2-1-6-3-10-4-8(6,5-12)11-7/h4,6-7,11-12H,1-3,5H2/t6?,7-,8-/m0/s1. The molecule has 2 aliphatic heterocycles. The Morgan fingerprint density at radius 3 is 3.25 bits per heavy atom. The van der Waals surface area contributed by atoms with Crippen molar-refractivity contribution in [3.05, 3.63) is 0 Å². The highest BCUT2D eigenvalue weighted by Gasteiger charge is 2.44. The molecule has 0 aliphatic carbocycles. The summed E-state index contributed by atoms with van der Waals surface area (Å²) in [4.78, 5) is 4.09. The Labute approximate surface area is 70.7 Å². The molecule has 1 unspecified atom stereocenters. The van der Waals surface area contributed by atoms with E-state index in [1.54, 1.807) is 6.21 Å². The first kappa shape index (κ1) is 8.13. The van der Waals surface area contributed by atoms with Gasteiger partial charge in [0.1, 0.15) is 0 Å². The van der Waals surface area contributed by atoms with Crippen molar-refractivity contribution in [1.29, 1.82) is 0 Å². The Hall–Kier alpha value is -0.480. The van der Waals surface area contributed by atoms with Crippen molar-refractivity contribution in [1.82, 2.24) is 5.32 Å². The largest absolute Gasteiger partial charge is 0.394 e. The lowest BCUT2D eigenvalue weighted by molar-refractivity contribution is 0.0758. The van der Waals surface area contributed by atoms with Crippen LogP contribution in [-0.4, -0.2) is 36.3 Å². The number of hydrogen-bond acceptors (Lipinski definition) is 3. The monoisotopic (exact) mass is 172 g/mol. The van der Waals surface area contributed by atoms with Crippen LogP contribution in [0.15, 0.2) is 4.99 Å². The molecule has 68 valence electrons. The molecule has 0 bridgehead atoms. The fraction of sp³-hybridized carbons (Fsp3) is 0.875. The van der Waals surface area contributed by atoms with Gasteiger partial charge in [-0.1, -0.05) is 0 Å². The van der Waals surface area contributed by atoms with Gasteiger partial charge in [0.05, 0.1) is 12.1 Å². The van der Waals surface area contributed by atoms with Crippen LogP contribution < -0.4 is 5.32 Å². The molecular formula is C8H13FN2O. The van der Waals surface area contributed by atoms with Crippen LogP contribution in [0.4, 0.5) is 4.39 Å². The topological polar surface area (TPSA) is 44.6 Å². The fourth-order valence-electron chi connectivity index (χ4n) is 2.04. The molecule has 2 N–H and O–H groups in total. The van der Waals surface area contributed by atoms with Crippen LogP contribution >= 0.6 is 0 Å². The summed E-state index contributed by atoms with van der Waals surface area (Å²) in [6, 6.07) is 0. The minimum absolute atomic E-state index is 0.0540. The first-order chi connectivity index (χ1) is 5.77. The predicted octanol–water partition coefficient (Wildman–Crippen LogP) is 0.0971. The Morgan fingerprint density at radius 2 is 2.50 bits per heavy atom. The lowest BCUT2D eigenvalue weighted by Gasteiger charge is -2.38. The number of aliphatic hydroxyl groups is 1. The van der Waals surface area contributed by atoms with Gasteiger partial charge in [-0.2, -0.15) is 0 Å². The summed E-state index contributed by atoms with van der Waals surface area (Å²) in [5.74, 6) is 0.287. The summed E-state index contributed by atoms with van der Waals surface area (Å²) >= 11 is 0. The van der Waals surface area contributed by atoms with Gasteiger partial charge in [0.25, 0.3) is 0 Å². The highest BCUT2D eigenvalue weighted by Crippen LogP contribution is 2.31. The smallest absolute Gasteiger partial charge is 0.151 e. The minimum Gasteiger partial charge on any atom is -0.394 e. The minimum atomic E-state index is -0.988. The highest BCUT2D eigenvalue weighted by atomic mass is 19.1. The zero-order valence-electron chi connectivity index (χ0n) is 6.83. The molecule has 0 saturated carbocycles. The van der Waals surface area contributed by atoms with Crippen molar-refractivity contribution in [2.24, 2.45) is 10.9 Å². The Kier molecular flexibility index (Phi) is 1.88. The molecule has 0 aromatic rings. The number of halogens is 1. The number of nitrogens with one attached hydrogen (secondary N) is 1. The van der Waals surface area contributed by atoms with Crippen molar-refractivity contribution in [3.8, 4) is 0 Å². The van der Waals surface area contributed by atoms with E-state index < -0.39 is 11.8 Å². The van der Waals surface area contributed by atoms with Gasteiger partial charge in [0.15, 0.2) is 6.30 Å². The number of piperidine rings is 1. The zero-order valence-corrected chi connectivity index (χ0v) is 6.83. The van der Waals surface area contributed by atoms with Crippen LogP contribution in [0.3, 0.4) is 0 Å². The van der Waals surface area contributed by atoms with Crippen LogP contribution in [0.25, 0.3) is 0 Å². The molecule has 4 heteroatoms. The Bertz CT molecular complexity index is 209.